The van der Waals surface area contributed by atoms with Gasteiger partial charge in [-0.3, -0.25) is 4.90 Å². The Labute approximate surface area is 103 Å². The Morgan fingerprint density at radius 3 is 2.75 bits per heavy atom. The van der Waals surface area contributed by atoms with Crippen molar-refractivity contribution in [3.05, 3.63) is 24.3 Å². The molecule has 6 heteroatoms. The molecular weight excluding hydrogens is 249 g/mol. The van der Waals surface area contributed by atoms with Crippen molar-refractivity contribution < 1.29 is 4.74 Å². The van der Waals surface area contributed by atoms with E-state index in [0.29, 0.717) is 12.4 Å². The Bertz CT molecular complexity index is 459. The van der Waals surface area contributed by atoms with E-state index in [2.05, 4.69) is 9.98 Å². The number of amidine groups is 2. The second-order valence-corrected chi connectivity index (χ2v) is 3.73. The summed E-state index contributed by atoms with van der Waals surface area (Å²) in [5, 5.41) is 0.445. The fraction of sp³-hybridized carbons (Fsp3) is 0.200. The molecule has 16 heavy (non-hydrogen) atoms. The summed E-state index contributed by atoms with van der Waals surface area (Å²) in [7, 11) is 1.60. The SMILES string of the molecule is COc1ccccc1N1CN=C(Cl)N=C1Cl. The van der Waals surface area contributed by atoms with Crippen molar-refractivity contribution >= 4 is 39.5 Å². The molecule has 0 aliphatic carbocycles. The van der Waals surface area contributed by atoms with Crippen LogP contribution in [0.5, 0.6) is 5.75 Å². The lowest BCUT2D eigenvalue weighted by atomic mass is 10.3. The first-order valence-electron chi connectivity index (χ1n) is 4.57. The van der Waals surface area contributed by atoms with Gasteiger partial charge < -0.3 is 4.74 Å². The van der Waals surface area contributed by atoms with E-state index in [9.17, 15) is 0 Å². The highest BCUT2D eigenvalue weighted by molar-refractivity contribution is 6.73. The van der Waals surface area contributed by atoms with Crippen LogP contribution in [0.4, 0.5) is 5.69 Å². The second kappa shape index (κ2) is 4.72. The van der Waals surface area contributed by atoms with Gasteiger partial charge in [0.1, 0.15) is 12.4 Å². The Morgan fingerprint density at radius 2 is 2.06 bits per heavy atom. The first-order valence-corrected chi connectivity index (χ1v) is 5.32. The minimum atomic E-state index is 0.163. The standard InChI is InChI=1S/C10H9Cl2N3O/c1-16-8-5-3-2-4-7(8)15-6-13-9(11)14-10(15)12/h2-5H,6H2,1H3. The van der Waals surface area contributed by atoms with Crippen molar-refractivity contribution in [2.45, 2.75) is 0 Å². The zero-order valence-electron chi connectivity index (χ0n) is 8.52. The van der Waals surface area contributed by atoms with Gasteiger partial charge in [0.25, 0.3) is 0 Å². The van der Waals surface area contributed by atoms with Crippen molar-refractivity contribution in [2.24, 2.45) is 9.98 Å². The summed E-state index contributed by atoms with van der Waals surface area (Å²) in [5.41, 5.74) is 0.812. The minimum Gasteiger partial charge on any atom is -0.495 e. The molecule has 0 unspecified atom stereocenters. The first-order chi connectivity index (χ1) is 7.72. The number of rotatable bonds is 2. The third-order valence-electron chi connectivity index (χ3n) is 2.13. The maximum Gasteiger partial charge on any atom is 0.222 e. The normalized spacial score (nSPS) is 15.6. The van der Waals surface area contributed by atoms with E-state index in [1.54, 1.807) is 12.0 Å². The molecule has 0 aromatic heterocycles. The average Bonchev–Trinajstić information content (AvgIpc) is 2.29. The average molecular weight is 258 g/mol. The van der Waals surface area contributed by atoms with Crippen LogP contribution in [-0.2, 0) is 0 Å². The Morgan fingerprint density at radius 1 is 1.31 bits per heavy atom. The maximum atomic E-state index is 6.00. The van der Waals surface area contributed by atoms with Gasteiger partial charge in [0.2, 0.25) is 10.6 Å². The van der Waals surface area contributed by atoms with Gasteiger partial charge in [-0.15, -0.1) is 0 Å². The summed E-state index contributed by atoms with van der Waals surface area (Å²) in [6.45, 7) is 0.335. The molecule has 0 saturated heterocycles. The summed E-state index contributed by atoms with van der Waals surface area (Å²) < 4.78 is 5.24. The van der Waals surface area contributed by atoms with Crippen LogP contribution in [0.1, 0.15) is 0 Å². The third-order valence-corrected chi connectivity index (χ3v) is 2.62. The van der Waals surface area contributed by atoms with Crippen molar-refractivity contribution in [1.82, 2.24) is 0 Å². The second-order valence-electron chi connectivity index (χ2n) is 3.05. The molecule has 0 amide bonds. The zero-order chi connectivity index (χ0) is 11.5. The molecule has 4 nitrogen and oxygen atoms in total. The highest BCUT2D eigenvalue weighted by atomic mass is 35.5. The highest BCUT2D eigenvalue weighted by Gasteiger charge is 2.18. The van der Waals surface area contributed by atoms with E-state index in [1.807, 2.05) is 24.3 Å². The molecule has 1 aromatic carbocycles. The fourth-order valence-corrected chi connectivity index (χ4v) is 1.79. The molecule has 2 rings (SSSR count). The smallest absolute Gasteiger partial charge is 0.222 e. The lowest BCUT2D eigenvalue weighted by Crippen LogP contribution is -2.31. The number of anilines is 1. The van der Waals surface area contributed by atoms with E-state index in [4.69, 9.17) is 27.9 Å². The number of hydrogen-bond donors (Lipinski definition) is 0. The molecule has 1 aliphatic rings. The Balaban J connectivity index is 2.36. The number of nitrogens with zero attached hydrogens (tertiary/aromatic N) is 3. The number of para-hydroxylation sites is 2. The number of aliphatic imine (C=N–C) groups is 2. The summed E-state index contributed by atoms with van der Waals surface area (Å²) in [6, 6.07) is 7.50. The predicted molar refractivity (Wildman–Crippen MR) is 66.9 cm³/mol. The van der Waals surface area contributed by atoms with Crippen LogP contribution in [0.25, 0.3) is 0 Å². The number of methoxy groups -OCH3 is 1. The molecule has 0 saturated carbocycles. The van der Waals surface area contributed by atoms with Crippen LogP contribution in [0.15, 0.2) is 34.3 Å². The van der Waals surface area contributed by atoms with E-state index >= 15 is 0 Å². The van der Waals surface area contributed by atoms with Crippen LogP contribution in [-0.4, -0.2) is 24.4 Å². The monoisotopic (exact) mass is 257 g/mol. The van der Waals surface area contributed by atoms with Crippen LogP contribution < -0.4 is 9.64 Å². The summed E-state index contributed by atoms with van der Waals surface area (Å²) in [6.07, 6.45) is 0. The molecule has 0 atom stereocenters. The molecule has 1 aliphatic heterocycles. The number of hydrogen-bond acceptors (Lipinski definition) is 4. The van der Waals surface area contributed by atoms with Crippen LogP contribution in [0.2, 0.25) is 0 Å². The van der Waals surface area contributed by atoms with E-state index in [0.717, 1.165) is 5.69 Å². The van der Waals surface area contributed by atoms with Gasteiger partial charge in [-0.1, -0.05) is 12.1 Å². The lowest BCUT2D eigenvalue weighted by molar-refractivity contribution is 0.415. The van der Waals surface area contributed by atoms with Crippen molar-refractivity contribution in [3.63, 3.8) is 0 Å². The van der Waals surface area contributed by atoms with Crippen LogP contribution >= 0.6 is 23.2 Å². The van der Waals surface area contributed by atoms with E-state index in [-0.39, 0.29) is 10.6 Å². The summed E-state index contributed by atoms with van der Waals surface area (Å²) >= 11 is 11.7. The number of halogens is 2. The highest BCUT2D eigenvalue weighted by Crippen LogP contribution is 2.29. The number of benzene rings is 1. The Kier molecular flexibility index (Phi) is 3.31. The largest absolute Gasteiger partial charge is 0.495 e. The van der Waals surface area contributed by atoms with Crippen LogP contribution in [0, 0.1) is 0 Å². The van der Waals surface area contributed by atoms with Gasteiger partial charge >= 0.3 is 0 Å². The quantitative estimate of drug-likeness (QED) is 0.765. The molecule has 1 heterocycles. The summed E-state index contributed by atoms with van der Waals surface area (Å²) in [5.74, 6) is 0.712. The molecular formula is C10H9Cl2N3O. The Hall–Kier alpha value is -1.26. The predicted octanol–water partition coefficient (Wildman–Crippen LogP) is 2.66. The van der Waals surface area contributed by atoms with Gasteiger partial charge in [0, 0.05) is 0 Å². The summed E-state index contributed by atoms with van der Waals surface area (Å²) in [4.78, 5) is 9.59. The van der Waals surface area contributed by atoms with Gasteiger partial charge in [-0.2, -0.15) is 4.99 Å². The van der Waals surface area contributed by atoms with E-state index in [1.165, 1.54) is 0 Å². The van der Waals surface area contributed by atoms with Crippen molar-refractivity contribution in [2.75, 3.05) is 18.7 Å². The van der Waals surface area contributed by atoms with E-state index < -0.39 is 0 Å². The maximum absolute atomic E-state index is 6.00. The molecule has 1 aromatic rings. The number of ether oxygens (including phenoxy) is 1. The first kappa shape index (κ1) is 11.2. The molecule has 0 spiro atoms. The lowest BCUT2D eigenvalue weighted by Gasteiger charge is -2.24. The topological polar surface area (TPSA) is 37.2 Å². The molecule has 0 radical (unpaired) electrons. The van der Waals surface area contributed by atoms with Gasteiger partial charge in [0.15, 0.2) is 0 Å². The zero-order valence-corrected chi connectivity index (χ0v) is 10.0. The fourth-order valence-electron chi connectivity index (χ4n) is 1.39. The minimum absolute atomic E-state index is 0.163. The van der Waals surface area contributed by atoms with Crippen LogP contribution in [0.3, 0.4) is 0 Å². The van der Waals surface area contributed by atoms with Gasteiger partial charge in [0.05, 0.1) is 12.8 Å². The van der Waals surface area contributed by atoms with Gasteiger partial charge in [-0.25, -0.2) is 4.99 Å². The molecule has 84 valence electrons. The molecule has 0 bridgehead atoms. The van der Waals surface area contributed by atoms with Gasteiger partial charge in [-0.05, 0) is 35.3 Å². The molecule has 0 fully saturated rings. The van der Waals surface area contributed by atoms with Crippen molar-refractivity contribution in [1.29, 1.82) is 0 Å². The molecule has 0 N–H and O–H groups in total. The third kappa shape index (κ3) is 2.13. The van der Waals surface area contributed by atoms with Crippen molar-refractivity contribution in [3.8, 4) is 5.75 Å².